The van der Waals surface area contributed by atoms with Crippen LogP contribution in [-0.4, -0.2) is 50.0 Å². The highest BCUT2D eigenvalue weighted by Crippen LogP contribution is 2.31. The van der Waals surface area contributed by atoms with Crippen molar-refractivity contribution < 1.29 is 4.79 Å². The lowest BCUT2D eigenvalue weighted by Gasteiger charge is -2.36. The smallest absolute Gasteiger partial charge is 0.271 e. The summed E-state index contributed by atoms with van der Waals surface area (Å²) < 4.78 is 2.13. The van der Waals surface area contributed by atoms with Crippen molar-refractivity contribution in [2.75, 3.05) is 19.6 Å². The Balaban J connectivity index is 1.33. The number of nitrogens with one attached hydrogen (secondary N) is 1. The molecule has 0 spiro atoms. The molecule has 4 aromatic rings. The van der Waals surface area contributed by atoms with E-state index < -0.39 is 0 Å². The Morgan fingerprint density at radius 1 is 0.912 bits per heavy atom. The molecule has 0 radical (unpaired) electrons. The molecule has 0 saturated carbocycles. The molecule has 0 aliphatic carbocycles. The molecular formula is C27H28N6O. The number of pyridine rings is 2. The lowest BCUT2D eigenvalue weighted by atomic mass is 10.0. The molecule has 34 heavy (non-hydrogen) atoms. The van der Waals surface area contributed by atoms with Gasteiger partial charge >= 0.3 is 0 Å². The Morgan fingerprint density at radius 3 is 2.35 bits per heavy atom. The van der Waals surface area contributed by atoms with Gasteiger partial charge in [-0.1, -0.05) is 42.5 Å². The first kappa shape index (κ1) is 22.0. The number of hydrogen-bond acceptors (Lipinski definition) is 5. The molecule has 1 aliphatic heterocycles. The highest BCUT2D eigenvalue weighted by atomic mass is 16.1. The van der Waals surface area contributed by atoms with Crippen LogP contribution in [0.1, 0.15) is 39.0 Å². The third kappa shape index (κ3) is 5.05. The van der Waals surface area contributed by atoms with Crippen LogP contribution in [0.25, 0.3) is 0 Å². The number of hydrogen-bond donors (Lipinski definition) is 1. The number of imidazole rings is 1. The van der Waals surface area contributed by atoms with Crippen LogP contribution in [0.2, 0.25) is 0 Å². The van der Waals surface area contributed by atoms with E-state index in [9.17, 15) is 4.79 Å². The third-order valence-electron chi connectivity index (χ3n) is 6.23. The highest BCUT2D eigenvalue weighted by molar-refractivity contribution is 5.92. The number of aromatic nitrogens is 4. The number of amides is 1. The summed E-state index contributed by atoms with van der Waals surface area (Å²) in [5.74, 6) is 0.778. The summed E-state index contributed by atoms with van der Waals surface area (Å²) in [5.41, 5.74) is 3.97. The van der Waals surface area contributed by atoms with E-state index in [0.717, 1.165) is 43.9 Å². The zero-order valence-corrected chi connectivity index (χ0v) is 19.0. The van der Waals surface area contributed by atoms with Crippen LogP contribution in [0.15, 0.2) is 85.6 Å². The molecule has 0 fully saturated rings. The van der Waals surface area contributed by atoms with Crippen LogP contribution in [0.3, 0.4) is 0 Å². The van der Waals surface area contributed by atoms with Gasteiger partial charge < -0.3 is 9.88 Å². The molecule has 1 aromatic carbocycles. The molecule has 7 heteroatoms. The summed E-state index contributed by atoms with van der Waals surface area (Å²) in [4.78, 5) is 28.5. The van der Waals surface area contributed by atoms with Gasteiger partial charge in [-0.25, -0.2) is 4.98 Å². The molecule has 1 atom stereocenters. The number of rotatable bonds is 8. The normalized spacial score (nSPS) is 15.6. The zero-order valence-electron chi connectivity index (χ0n) is 19.0. The molecule has 1 aliphatic rings. The van der Waals surface area contributed by atoms with Gasteiger partial charge in [-0.05, 0) is 41.7 Å². The summed E-state index contributed by atoms with van der Waals surface area (Å²) in [6.07, 6.45) is 10.9. The summed E-state index contributed by atoms with van der Waals surface area (Å²) in [6, 6.07) is 18.4. The monoisotopic (exact) mass is 452 g/mol. The van der Waals surface area contributed by atoms with Gasteiger partial charge in [0.1, 0.15) is 11.5 Å². The molecule has 1 N–H and O–H groups in total. The minimum absolute atomic E-state index is 0.00330. The van der Waals surface area contributed by atoms with Gasteiger partial charge in [-0.3, -0.25) is 19.7 Å². The number of carbonyl (C=O) groups is 1. The van der Waals surface area contributed by atoms with E-state index in [1.54, 1.807) is 12.4 Å². The van der Waals surface area contributed by atoms with Crippen LogP contribution < -0.4 is 5.32 Å². The maximum absolute atomic E-state index is 12.9. The van der Waals surface area contributed by atoms with Crippen LogP contribution in [-0.2, 0) is 19.4 Å². The van der Waals surface area contributed by atoms with Crippen molar-refractivity contribution in [2.24, 2.45) is 0 Å². The summed E-state index contributed by atoms with van der Waals surface area (Å²) >= 11 is 0. The van der Waals surface area contributed by atoms with Gasteiger partial charge in [0.2, 0.25) is 0 Å². The number of carbonyl (C=O) groups excluding carboxylic acids is 1. The van der Waals surface area contributed by atoms with Crippen molar-refractivity contribution in [1.82, 2.24) is 29.7 Å². The van der Waals surface area contributed by atoms with E-state index >= 15 is 0 Å². The second-order valence-electron chi connectivity index (χ2n) is 8.51. The van der Waals surface area contributed by atoms with E-state index in [4.69, 9.17) is 4.98 Å². The van der Waals surface area contributed by atoms with Gasteiger partial charge in [0.15, 0.2) is 0 Å². The van der Waals surface area contributed by atoms with Crippen molar-refractivity contribution >= 4 is 5.91 Å². The number of fused-ring (bicyclic) bond motifs is 1. The Hall–Kier alpha value is -3.84. The van der Waals surface area contributed by atoms with E-state index in [2.05, 4.69) is 55.1 Å². The molecule has 5 rings (SSSR count). The summed E-state index contributed by atoms with van der Waals surface area (Å²) in [7, 11) is 0. The molecule has 0 saturated heterocycles. The molecule has 4 heterocycles. The Bertz CT molecular complexity index is 1210. The maximum Gasteiger partial charge on any atom is 0.271 e. The summed E-state index contributed by atoms with van der Waals surface area (Å²) in [5, 5.41) is 3.01. The van der Waals surface area contributed by atoms with Crippen LogP contribution in [0.4, 0.5) is 0 Å². The average Bonchev–Trinajstić information content (AvgIpc) is 3.33. The first-order chi connectivity index (χ1) is 16.8. The first-order valence-corrected chi connectivity index (χ1v) is 11.7. The van der Waals surface area contributed by atoms with Gasteiger partial charge in [0, 0.05) is 57.2 Å². The minimum atomic E-state index is -0.139. The maximum atomic E-state index is 12.9. The molecular weight excluding hydrogens is 424 g/mol. The van der Waals surface area contributed by atoms with Gasteiger partial charge in [0.25, 0.3) is 5.91 Å². The largest absolute Gasteiger partial charge is 0.350 e. The minimum Gasteiger partial charge on any atom is -0.350 e. The van der Waals surface area contributed by atoms with Crippen molar-refractivity contribution in [2.45, 2.75) is 25.4 Å². The van der Waals surface area contributed by atoms with Crippen molar-refractivity contribution in [3.05, 3.63) is 114 Å². The SMILES string of the molecule is O=C(NCCc1cccnc1)c1cn2c(n1)C(c1ccccc1)N(CCc1cccnc1)CC2. The molecule has 3 aromatic heterocycles. The van der Waals surface area contributed by atoms with E-state index in [-0.39, 0.29) is 11.9 Å². The topological polar surface area (TPSA) is 75.9 Å². The Labute approximate surface area is 199 Å². The van der Waals surface area contributed by atoms with E-state index in [1.165, 1.54) is 11.1 Å². The fourth-order valence-corrected chi connectivity index (χ4v) is 4.48. The Morgan fingerprint density at radius 2 is 1.65 bits per heavy atom. The quantitative estimate of drug-likeness (QED) is 0.444. The summed E-state index contributed by atoms with van der Waals surface area (Å²) in [6.45, 7) is 3.14. The van der Waals surface area contributed by atoms with Crippen LogP contribution >= 0.6 is 0 Å². The molecule has 0 bridgehead atoms. The van der Waals surface area contributed by atoms with E-state index in [1.807, 2.05) is 42.9 Å². The number of benzene rings is 1. The van der Waals surface area contributed by atoms with Crippen molar-refractivity contribution in [1.29, 1.82) is 0 Å². The van der Waals surface area contributed by atoms with Crippen molar-refractivity contribution in [3.63, 3.8) is 0 Å². The number of nitrogens with zero attached hydrogens (tertiary/aromatic N) is 5. The fraction of sp³-hybridized carbons (Fsp3) is 0.259. The van der Waals surface area contributed by atoms with E-state index in [0.29, 0.717) is 12.2 Å². The first-order valence-electron chi connectivity index (χ1n) is 11.7. The molecule has 1 amide bonds. The van der Waals surface area contributed by atoms with Crippen molar-refractivity contribution in [3.8, 4) is 0 Å². The second-order valence-corrected chi connectivity index (χ2v) is 8.51. The molecule has 7 nitrogen and oxygen atoms in total. The van der Waals surface area contributed by atoms with Crippen LogP contribution in [0, 0.1) is 0 Å². The van der Waals surface area contributed by atoms with Gasteiger partial charge in [-0.2, -0.15) is 0 Å². The van der Waals surface area contributed by atoms with Gasteiger partial charge in [-0.15, -0.1) is 0 Å². The predicted octanol–water partition coefficient (Wildman–Crippen LogP) is 3.29. The lowest BCUT2D eigenvalue weighted by Crippen LogP contribution is -2.40. The Kier molecular flexibility index (Phi) is 6.72. The van der Waals surface area contributed by atoms with Crippen LogP contribution in [0.5, 0.6) is 0 Å². The molecule has 172 valence electrons. The third-order valence-corrected chi connectivity index (χ3v) is 6.23. The molecule has 1 unspecified atom stereocenters. The predicted molar refractivity (Wildman–Crippen MR) is 130 cm³/mol. The van der Waals surface area contributed by atoms with Gasteiger partial charge in [0.05, 0.1) is 6.04 Å². The standard InChI is InChI=1S/C27H28N6O/c34-27(30-14-10-21-6-4-12-28-18-21)24-20-33-17-16-32(15-11-22-7-5-13-29-19-22)25(26(33)31-24)23-8-2-1-3-9-23/h1-9,12-13,18-20,25H,10-11,14-17H2,(H,30,34). The lowest BCUT2D eigenvalue weighted by molar-refractivity contribution is 0.0949. The second kappa shape index (κ2) is 10.4. The zero-order chi connectivity index (χ0) is 23.2. The fourth-order valence-electron chi connectivity index (χ4n) is 4.48. The highest BCUT2D eigenvalue weighted by Gasteiger charge is 2.31. The average molecular weight is 453 g/mol.